The van der Waals surface area contributed by atoms with Gasteiger partial charge in [0.05, 0.1) is 17.5 Å². The van der Waals surface area contributed by atoms with E-state index in [1.165, 1.54) is 11.0 Å². The number of anilines is 1. The standard InChI is InChI=1S/C38H49N5O9S/c1-8-24-21-38(24,33(46)42-53(49,50)26-18-19-26)41-31(44)29-20-25(22-43(29)32(45)30(36(2,3)4)40-35(48)52-37(5,6)7)51-34(47)39-28-17-13-12-16-27(28)23-14-10-9-11-15-23/h8-17,24-26,29-30H,1,18-22H2,2-7H3,(H,39,47)(H,40,48)(H,41,44)(H,42,46)/t24?,25-,29?,30-,38-/m1/s1. The van der Waals surface area contributed by atoms with E-state index in [1.807, 2.05) is 42.5 Å². The first-order chi connectivity index (χ1) is 24.7. The molecular formula is C38H49N5O9S. The fourth-order valence-corrected chi connectivity index (χ4v) is 7.75. The number of hydrogen-bond donors (Lipinski definition) is 4. The lowest BCUT2D eigenvalue weighted by Crippen LogP contribution is -2.60. The predicted molar refractivity (Wildman–Crippen MR) is 198 cm³/mol. The fraction of sp³-hybridized carbons (Fsp3) is 0.500. The van der Waals surface area contributed by atoms with Crippen molar-refractivity contribution in [1.82, 2.24) is 20.3 Å². The van der Waals surface area contributed by atoms with Crippen LogP contribution >= 0.6 is 0 Å². The molecule has 15 heteroatoms. The second-order valence-corrected chi connectivity index (χ2v) is 17.9. The highest BCUT2D eigenvalue weighted by atomic mass is 32.2. The van der Waals surface area contributed by atoms with Crippen LogP contribution in [0.25, 0.3) is 11.1 Å². The van der Waals surface area contributed by atoms with Crippen molar-refractivity contribution < 1.29 is 41.9 Å². The van der Waals surface area contributed by atoms with Gasteiger partial charge in [-0.3, -0.25) is 24.4 Å². The molecule has 1 aliphatic heterocycles. The van der Waals surface area contributed by atoms with Crippen LogP contribution in [0, 0.1) is 11.3 Å². The zero-order chi connectivity index (χ0) is 38.9. The summed E-state index contributed by atoms with van der Waals surface area (Å²) in [6, 6.07) is 14.2. The van der Waals surface area contributed by atoms with E-state index in [9.17, 15) is 32.4 Å². The molecule has 0 bridgehead atoms. The molecule has 14 nitrogen and oxygen atoms in total. The molecule has 2 aromatic carbocycles. The van der Waals surface area contributed by atoms with Gasteiger partial charge >= 0.3 is 12.2 Å². The number of sulfonamides is 1. The molecule has 1 saturated heterocycles. The van der Waals surface area contributed by atoms with Crippen molar-refractivity contribution in [3.8, 4) is 11.1 Å². The van der Waals surface area contributed by atoms with Crippen LogP contribution in [0.5, 0.6) is 0 Å². The van der Waals surface area contributed by atoms with Crippen LogP contribution < -0.4 is 20.7 Å². The molecule has 0 aromatic heterocycles. The third-order valence-corrected chi connectivity index (χ3v) is 11.2. The van der Waals surface area contributed by atoms with Gasteiger partial charge in [0.1, 0.15) is 29.3 Å². The van der Waals surface area contributed by atoms with Gasteiger partial charge < -0.3 is 25.0 Å². The molecule has 53 heavy (non-hydrogen) atoms. The van der Waals surface area contributed by atoms with Gasteiger partial charge in [-0.1, -0.05) is 75.4 Å². The van der Waals surface area contributed by atoms with Crippen LogP contribution in [-0.2, 0) is 33.9 Å². The Hall–Kier alpha value is -4.92. The monoisotopic (exact) mass is 751 g/mol. The summed E-state index contributed by atoms with van der Waals surface area (Å²) in [7, 11) is -3.93. The molecule has 5 atom stereocenters. The van der Waals surface area contributed by atoms with E-state index in [-0.39, 0.29) is 19.4 Å². The molecule has 2 unspecified atom stereocenters. The molecule has 2 aromatic rings. The summed E-state index contributed by atoms with van der Waals surface area (Å²) in [5.74, 6) is -2.85. The van der Waals surface area contributed by atoms with Gasteiger partial charge in [-0.15, -0.1) is 6.58 Å². The van der Waals surface area contributed by atoms with Crippen molar-refractivity contribution in [3.05, 3.63) is 67.3 Å². The lowest BCUT2D eigenvalue weighted by Gasteiger charge is -2.36. The number of ether oxygens (including phenoxy) is 2. The first-order valence-electron chi connectivity index (χ1n) is 17.7. The van der Waals surface area contributed by atoms with Gasteiger partial charge in [0, 0.05) is 17.9 Å². The van der Waals surface area contributed by atoms with E-state index in [0.717, 1.165) is 11.1 Å². The van der Waals surface area contributed by atoms with Crippen molar-refractivity contribution in [1.29, 1.82) is 0 Å². The summed E-state index contributed by atoms with van der Waals surface area (Å²) in [5.41, 5.74) is -1.23. The minimum absolute atomic E-state index is 0.100. The Balaban J connectivity index is 1.39. The molecule has 3 aliphatic rings. The topological polar surface area (TPSA) is 189 Å². The minimum Gasteiger partial charge on any atom is -0.444 e. The number of carbonyl (C=O) groups excluding carboxylic acids is 5. The van der Waals surface area contributed by atoms with E-state index in [0.29, 0.717) is 18.5 Å². The number of carbonyl (C=O) groups is 5. The fourth-order valence-electron chi connectivity index (χ4n) is 6.39. The molecule has 3 fully saturated rings. The molecule has 5 rings (SSSR count). The molecular weight excluding hydrogens is 703 g/mol. The first kappa shape index (κ1) is 39.3. The summed E-state index contributed by atoms with van der Waals surface area (Å²) in [4.78, 5) is 69.4. The molecule has 5 amide bonds. The molecule has 4 N–H and O–H groups in total. The van der Waals surface area contributed by atoms with Crippen LogP contribution in [0.4, 0.5) is 15.3 Å². The summed E-state index contributed by atoms with van der Waals surface area (Å²) in [6.07, 6.45) is -0.346. The molecule has 2 aliphatic carbocycles. The number of nitrogens with one attached hydrogen (secondary N) is 4. The molecule has 0 spiro atoms. The van der Waals surface area contributed by atoms with Crippen LogP contribution in [-0.4, -0.2) is 84.3 Å². The highest BCUT2D eigenvalue weighted by Crippen LogP contribution is 2.45. The number of hydrogen-bond acceptors (Lipinski definition) is 9. The van der Waals surface area contributed by atoms with Gasteiger partial charge in [0.15, 0.2) is 0 Å². The predicted octanol–water partition coefficient (Wildman–Crippen LogP) is 4.48. The summed E-state index contributed by atoms with van der Waals surface area (Å²) < 4.78 is 38.7. The van der Waals surface area contributed by atoms with Crippen molar-refractivity contribution in [3.63, 3.8) is 0 Å². The summed E-state index contributed by atoms with van der Waals surface area (Å²) in [5, 5.41) is 7.47. The number of amides is 5. The van der Waals surface area contributed by atoms with Crippen LogP contribution in [0.15, 0.2) is 67.3 Å². The summed E-state index contributed by atoms with van der Waals surface area (Å²) >= 11 is 0. The van der Waals surface area contributed by atoms with Gasteiger partial charge in [0.25, 0.3) is 5.91 Å². The van der Waals surface area contributed by atoms with Gasteiger partial charge in [-0.25, -0.2) is 18.0 Å². The lowest BCUT2D eigenvalue weighted by atomic mass is 9.85. The van der Waals surface area contributed by atoms with Gasteiger partial charge in [-0.05, 0) is 57.1 Å². The third kappa shape index (κ3) is 9.36. The maximum absolute atomic E-state index is 14.4. The van der Waals surface area contributed by atoms with E-state index >= 15 is 0 Å². The van der Waals surface area contributed by atoms with Gasteiger partial charge in [-0.2, -0.15) is 0 Å². The Bertz CT molecular complexity index is 1870. The maximum Gasteiger partial charge on any atom is 0.411 e. The van der Waals surface area contributed by atoms with Crippen LogP contribution in [0.2, 0.25) is 0 Å². The number of nitrogens with zero attached hydrogens (tertiary/aromatic N) is 1. The van der Waals surface area contributed by atoms with E-state index in [4.69, 9.17) is 9.47 Å². The van der Waals surface area contributed by atoms with E-state index < -0.39 is 85.8 Å². The van der Waals surface area contributed by atoms with Crippen molar-refractivity contribution in [2.45, 2.75) is 102 Å². The highest BCUT2D eigenvalue weighted by molar-refractivity contribution is 7.91. The van der Waals surface area contributed by atoms with Crippen LogP contribution in [0.3, 0.4) is 0 Å². The Kier molecular flexibility index (Phi) is 11.0. The third-order valence-electron chi connectivity index (χ3n) is 9.39. The average Bonchev–Trinajstić information content (AvgIpc) is 3.99. The van der Waals surface area contributed by atoms with Crippen molar-refractivity contribution >= 4 is 45.6 Å². The summed E-state index contributed by atoms with van der Waals surface area (Å²) in [6.45, 7) is 13.8. The SMILES string of the molecule is C=CC1C[C@]1(NC(=O)C1C[C@@H](OC(=O)Nc2ccccc2-c2ccccc2)CN1C(=O)[C@@H](NC(=O)OC(C)(C)C)C(C)(C)C)C(=O)NS(=O)(=O)C1CC1. The smallest absolute Gasteiger partial charge is 0.411 e. The molecule has 1 heterocycles. The zero-order valence-corrected chi connectivity index (χ0v) is 31.7. The highest BCUT2D eigenvalue weighted by Gasteiger charge is 2.62. The average molecular weight is 752 g/mol. The van der Waals surface area contributed by atoms with E-state index in [1.54, 1.807) is 53.7 Å². The van der Waals surface area contributed by atoms with Crippen molar-refractivity contribution in [2.75, 3.05) is 11.9 Å². The molecule has 286 valence electrons. The van der Waals surface area contributed by atoms with E-state index in [2.05, 4.69) is 27.3 Å². The Morgan fingerprint density at radius 2 is 1.58 bits per heavy atom. The number of para-hydroxylation sites is 1. The quantitative estimate of drug-likeness (QED) is 0.240. The number of likely N-dealkylation sites (tertiary alicyclic amines) is 1. The van der Waals surface area contributed by atoms with Crippen LogP contribution in [0.1, 0.15) is 67.2 Å². The Morgan fingerprint density at radius 1 is 0.943 bits per heavy atom. The normalized spacial score (nSPS) is 23.2. The first-order valence-corrected chi connectivity index (χ1v) is 19.2. The largest absolute Gasteiger partial charge is 0.444 e. The number of alkyl carbamates (subject to hydrolysis) is 1. The maximum atomic E-state index is 14.4. The molecule has 2 saturated carbocycles. The molecule has 0 radical (unpaired) electrons. The number of rotatable bonds is 11. The van der Waals surface area contributed by atoms with Gasteiger partial charge in [0.2, 0.25) is 21.8 Å². The second kappa shape index (κ2) is 14.8. The lowest BCUT2D eigenvalue weighted by molar-refractivity contribution is -0.143. The Morgan fingerprint density at radius 3 is 2.17 bits per heavy atom. The second-order valence-electron chi connectivity index (χ2n) is 15.9. The minimum atomic E-state index is -3.93. The Labute approximate surface area is 310 Å². The number of benzene rings is 2. The zero-order valence-electron chi connectivity index (χ0n) is 30.9. The van der Waals surface area contributed by atoms with Crippen molar-refractivity contribution in [2.24, 2.45) is 11.3 Å².